The number of para-hydroxylation sites is 1. The van der Waals surface area contributed by atoms with Crippen molar-refractivity contribution in [1.82, 2.24) is 19.5 Å². The topological polar surface area (TPSA) is 51.9 Å². The van der Waals surface area contributed by atoms with Crippen molar-refractivity contribution in [2.45, 2.75) is 32.0 Å². The van der Waals surface area contributed by atoms with Crippen LogP contribution < -0.4 is 9.47 Å². The molecule has 1 saturated heterocycles. The normalized spacial score (nSPS) is 15.4. The Morgan fingerprint density at radius 2 is 1.80 bits per heavy atom. The molecule has 9 heteroatoms. The van der Waals surface area contributed by atoms with Crippen LogP contribution in [-0.2, 0) is 0 Å². The molecule has 3 heterocycles. The number of hydrogen-bond acceptors (Lipinski definition) is 5. The molecule has 0 N–H and O–H groups in total. The molecule has 0 radical (unpaired) electrons. The molecule has 0 spiro atoms. The van der Waals surface area contributed by atoms with Crippen LogP contribution in [0.5, 0.6) is 11.6 Å². The van der Waals surface area contributed by atoms with E-state index in [9.17, 15) is 13.2 Å². The second kappa shape index (κ2) is 8.91. The lowest BCUT2D eigenvalue weighted by molar-refractivity contribution is -0.274. The molecule has 0 unspecified atom stereocenters. The minimum atomic E-state index is -4.79. The number of benzene rings is 1. The first-order valence-corrected chi connectivity index (χ1v) is 10.0. The van der Waals surface area contributed by atoms with E-state index in [2.05, 4.69) is 19.7 Å². The summed E-state index contributed by atoms with van der Waals surface area (Å²) in [4.78, 5) is 6.67. The fourth-order valence-electron chi connectivity index (χ4n) is 3.66. The van der Waals surface area contributed by atoms with Crippen LogP contribution in [-0.4, -0.2) is 52.1 Å². The van der Waals surface area contributed by atoms with E-state index >= 15 is 0 Å². The highest BCUT2D eigenvalue weighted by Crippen LogP contribution is 2.33. The molecule has 0 aliphatic carbocycles. The molecule has 6 nitrogen and oxygen atoms in total. The largest absolute Gasteiger partial charge is 0.573 e. The maximum absolute atomic E-state index is 12.8. The number of ether oxygens (including phenoxy) is 2. The average Bonchev–Trinajstić information content (AvgIpc) is 3.14. The molecule has 2 aromatic heterocycles. The Kier molecular flexibility index (Phi) is 6.08. The van der Waals surface area contributed by atoms with Gasteiger partial charge in [0.2, 0.25) is 5.88 Å². The van der Waals surface area contributed by atoms with Gasteiger partial charge < -0.3 is 14.4 Å². The Labute approximate surface area is 172 Å². The Morgan fingerprint density at radius 1 is 1.00 bits per heavy atom. The number of alkyl halides is 3. The van der Waals surface area contributed by atoms with Crippen molar-refractivity contribution in [3.8, 4) is 22.9 Å². The first-order valence-electron chi connectivity index (χ1n) is 10.0. The third-order valence-corrected chi connectivity index (χ3v) is 5.04. The van der Waals surface area contributed by atoms with E-state index in [-0.39, 0.29) is 11.3 Å². The van der Waals surface area contributed by atoms with Gasteiger partial charge in [-0.3, -0.25) is 0 Å². The number of rotatable bonds is 7. The van der Waals surface area contributed by atoms with Crippen LogP contribution in [0.1, 0.15) is 25.7 Å². The number of imidazole rings is 1. The molecule has 1 fully saturated rings. The molecule has 0 amide bonds. The van der Waals surface area contributed by atoms with Crippen molar-refractivity contribution in [1.29, 1.82) is 0 Å². The van der Waals surface area contributed by atoms with Gasteiger partial charge in [0.25, 0.3) is 0 Å². The van der Waals surface area contributed by atoms with Crippen molar-refractivity contribution >= 4 is 5.65 Å². The summed E-state index contributed by atoms with van der Waals surface area (Å²) in [6.45, 7) is 3.79. The van der Waals surface area contributed by atoms with Gasteiger partial charge in [-0.15, -0.1) is 18.3 Å². The zero-order chi connectivity index (χ0) is 21.0. The fraction of sp³-hybridized carbons (Fsp3) is 0.429. The zero-order valence-corrected chi connectivity index (χ0v) is 16.4. The summed E-state index contributed by atoms with van der Waals surface area (Å²) in [5, 5.41) is 4.42. The summed E-state index contributed by atoms with van der Waals surface area (Å²) < 4.78 is 49.7. The molecule has 0 atom stereocenters. The van der Waals surface area contributed by atoms with Gasteiger partial charge in [-0.1, -0.05) is 18.6 Å². The molecule has 1 aliphatic rings. The SMILES string of the molecule is FC(F)(F)Oc1ccccc1-c1cnc2ccc(OCCCN3CCCCC3)nn12. The lowest BCUT2D eigenvalue weighted by atomic mass is 10.1. The molecule has 1 aromatic carbocycles. The highest BCUT2D eigenvalue weighted by Gasteiger charge is 2.32. The highest BCUT2D eigenvalue weighted by atomic mass is 19.4. The van der Waals surface area contributed by atoms with E-state index < -0.39 is 6.36 Å². The van der Waals surface area contributed by atoms with Crippen LogP contribution in [0.25, 0.3) is 16.9 Å². The molecule has 30 heavy (non-hydrogen) atoms. The first-order chi connectivity index (χ1) is 14.5. The second-order valence-electron chi connectivity index (χ2n) is 7.23. The average molecular weight is 420 g/mol. The van der Waals surface area contributed by atoms with E-state index in [0.717, 1.165) is 26.1 Å². The molecule has 160 valence electrons. The third-order valence-electron chi connectivity index (χ3n) is 5.04. The smallest absolute Gasteiger partial charge is 0.477 e. The summed E-state index contributed by atoms with van der Waals surface area (Å²) >= 11 is 0. The first kappa shape index (κ1) is 20.5. The Bertz CT molecular complexity index is 984. The summed E-state index contributed by atoms with van der Waals surface area (Å²) in [6.07, 6.45) is 1.39. The van der Waals surface area contributed by atoms with Gasteiger partial charge in [-0.05, 0) is 50.6 Å². The Balaban J connectivity index is 1.48. The summed E-state index contributed by atoms with van der Waals surface area (Å²) in [7, 11) is 0. The number of likely N-dealkylation sites (tertiary alicyclic amines) is 1. The van der Waals surface area contributed by atoms with Crippen LogP contribution >= 0.6 is 0 Å². The van der Waals surface area contributed by atoms with Gasteiger partial charge in [-0.2, -0.15) is 0 Å². The number of hydrogen-bond donors (Lipinski definition) is 0. The summed E-state index contributed by atoms with van der Waals surface area (Å²) in [6, 6.07) is 9.37. The van der Waals surface area contributed by atoms with E-state index in [4.69, 9.17) is 4.74 Å². The Morgan fingerprint density at radius 3 is 2.60 bits per heavy atom. The monoisotopic (exact) mass is 420 g/mol. The van der Waals surface area contributed by atoms with Crippen molar-refractivity contribution in [3.05, 3.63) is 42.6 Å². The molecular weight excluding hydrogens is 397 g/mol. The number of nitrogens with zero attached hydrogens (tertiary/aromatic N) is 4. The van der Waals surface area contributed by atoms with Gasteiger partial charge in [0.15, 0.2) is 5.65 Å². The molecule has 4 rings (SSSR count). The van der Waals surface area contributed by atoms with Gasteiger partial charge in [-0.25, -0.2) is 9.50 Å². The van der Waals surface area contributed by atoms with E-state index in [1.54, 1.807) is 24.3 Å². The van der Waals surface area contributed by atoms with Crippen LogP contribution in [0, 0.1) is 0 Å². The number of piperidine rings is 1. The van der Waals surface area contributed by atoms with Gasteiger partial charge >= 0.3 is 6.36 Å². The minimum absolute atomic E-state index is 0.247. The van der Waals surface area contributed by atoms with Gasteiger partial charge in [0, 0.05) is 18.2 Å². The van der Waals surface area contributed by atoms with Crippen LogP contribution in [0.2, 0.25) is 0 Å². The fourth-order valence-corrected chi connectivity index (χ4v) is 3.66. The molecule has 0 saturated carbocycles. The number of fused-ring (bicyclic) bond motifs is 1. The molecule has 1 aliphatic heterocycles. The number of halogens is 3. The van der Waals surface area contributed by atoms with E-state index in [0.29, 0.717) is 23.8 Å². The van der Waals surface area contributed by atoms with Gasteiger partial charge in [0.05, 0.1) is 18.5 Å². The predicted octanol–water partition coefficient (Wildman–Crippen LogP) is 4.55. The quantitative estimate of drug-likeness (QED) is 0.525. The lowest BCUT2D eigenvalue weighted by Crippen LogP contribution is -2.31. The zero-order valence-electron chi connectivity index (χ0n) is 16.4. The van der Waals surface area contributed by atoms with Crippen LogP contribution in [0.15, 0.2) is 42.6 Å². The molecule has 0 bridgehead atoms. The Hall–Kier alpha value is -2.81. The lowest BCUT2D eigenvalue weighted by Gasteiger charge is -2.26. The minimum Gasteiger partial charge on any atom is -0.477 e. The standard InChI is InChI=1S/C21H23F3N4O2/c22-21(23,24)30-18-8-3-2-7-16(18)17-15-25-19-9-10-20(26-28(17)19)29-14-6-13-27-11-4-1-5-12-27/h2-3,7-10,15H,1,4-6,11-14H2. The summed E-state index contributed by atoms with van der Waals surface area (Å²) in [5.41, 5.74) is 1.15. The molecule has 3 aromatic rings. The summed E-state index contributed by atoms with van der Waals surface area (Å²) in [5.74, 6) is 0.0936. The second-order valence-corrected chi connectivity index (χ2v) is 7.23. The van der Waals surface area contributed by atoms with E-state index in [1.165, 1.54) is 42.1 Å². The van der Waals surface area contributed by atoms with Crippen molar-refractivity contribution in [2.24, 2.45) is 0 Å². The van der Waals surface area contributed by atoms with Gasteiger partial charge in [0.1, 0.15) is 5.75 Å². The number of aromatic nitrogens is 3. The van der Waals surface area contributed by atoms with Crippen LogP contribution in [0.3, 0.4) is 0 Å². The molecular formula is C21H23F3N4O2. The maximum Gasteiger partial charge on any atom is 0.573 e. The van der Waals surface area contributed by atoms with Crippen LogP contribution in [0.4, 0.5) is 13.2 Å². The van der Waals surface area contributed by atoms with Crippen molar-refractivity contribution in [3.63, 3.8) is 0 Å². The third kappa shape index (κ3) is 5.02. The maximum atomic E-state index is 12.8. The van der Waals surface area contributed by atoms with Crippen molar-refractivity contribution < 1.29 is 22.6 Å². The van der Waals surface area contributed by atoms with Crippen molar-refractivity contribution in [2.75, 3.05) is 26.2 Å². The van der Waals surface area contributed by atoms with E-state index in [1.807, 2.05) is 0 Å². The predicted molar refractivity (Wildman–Crippen MR) is 106 cm³/mol. The highest BCUT2D eigenvalue weighted by molar-refractivity contribution is 5.69.